The summed E-state index contributed by atoms with van der Waals surface area (Å²) in [6.45, 7) is 2.21. The van der Waals surface area contributed by atoms with E-state index in [2.05, 4.69) is 29.6 Å². The summed E-state index contributed by atoms with van der Waals surface area (Å²) >= 11 is 0. The fourth-order valence-electron chi connectivity index (χ4n) is 2.59. The van der Waals surface area contributed by atoms with E-state index in [1.54, 1.807) is 38.3 Å². The maximum absolute atomic E-state index is 12.2. The first-order chi connectivity index (χ1) is 12.2. The second-order valence-corrected chi connectivity index (χ2v) is 5.83. The molecule has 1 amide bonds. The largest absolute Gasteiger partial charge is 0.497 e. The molecule has 128 valence electrons. The third kappa shape index (κ3) is 4.29. The third-order valence-electron chi connectivity index (χ3n) is 4.02. The Bertz CT molecular complexity index is 858. The first kappa shape index (κ1) is 16.8. The predicted octanol–water partition coefficient (Wildman–Crippen LogP) is 3.93. The second kappa shape index (κ2) is 7.71. The van der Waals surface area contributed by atoms with Gasteiger partial charge in [-0.1, -0.05) is 36.4 Å². The number of hydrogen-bond donors (Lipinski definition) is 1. The van der Waals surface area contributed by atoms with E-state index in [0.717, 1.165) is 16.7 Å². The number of ether oxygens (including phenoxy) is 2. The van der Waals surface area contributed by atoms with Gasteiger partial charge in [0.15, 0.2) is 6.10 Å². The molecule has 1 N–H and O–H groups in total. The fraction of sp³-hybridized carbons (Fsp3) is 0.190. The molecule has 0 aliphatic rings. The Hall–Kier alpha value is -3.01. The van der Waals surface area contributed by atoms with Gasteiger partial charge in [-0.25, -0.2) is 0 Å². The Labute approximate surface area is 147 Å². The van der Waals surface area contributed by atoms with Crippen molar-refractivity contribution in [3.63, 3.8) is 0 Å². The normalized spacial score (nSPS) is 11.8. The van der Waals surface area contributed by atoms with Crippen molar-refractivity contribution < 1.29 is 14.3 Å². The molecule has 0 saturated carbocycles. The minimum Gasteiger partial charge on any atom is -0.497 e. The molecule has 3 aromatic carbocycles. The standard InChI is InChI=1S/C21H21NO3/c1-15(25-20-11-9-19(24-2)10-12-20)21(23)22-14-16-7-8-17-5-3-4-6-18(17)13-16/h3-13,15H,14H2,1-2H3,(H,22,23)/t15-/m0/s1. The lowest BCUT2D eigenvalue weighted by Crippen LogP contribution is -2.35. The highest BCUT2D eigenvalue weighted by Gasteiger charge is 2.14. The van der Waals surface area contributed by atoms with Gasteiger partial charge in [-0.2, -0.15) is 0 Å². The van der Waals surface area contributed by atoms with Crippen LogP contribution in [0.4, 0.5) is 0 Å². The Morgan fingerprint density at radius 2 is 1.64 bits per heavy atom. The second-order valence-electron chi connectivity index (χ2n) is 5.83. The van der Waals surface area contributed by atoms with Gasteiger partial charge in [-0.05, 0) is 53.6 Å². The lowest BCUT2D eigenvalue weighted by atomic mass is 10.1. The molecular formula is C21H21NO3. The zero-order valence-electron chi connectivity index (χ0n) is 14.4. The predicted molar refractivity (Wildman–Crippen MR) is 98.9 cm³/mol. The molecule has 25 heavy (non-hydrogen) atoms. The van der Waals surface area contributed by atoms with Crippen LogP contribution >= 0.6 is 0 Å². The van der Waals surface area contributed by atoms with Gasteiger partial charge in [-0.15, -0.1) is 0 Å². The monoisotopic (exact) mass is 335 g/mol. The molecule has 3 rings (SSSR count). The summed E-state index contributed by atoms with van der Waals surface area (Å²) < 4.78 is 10.8. The van der Waals surface area contributed by atoms with Crippen LogP contribution in [-0.2, 0) is 11.3 Å². The lowest BCUT2D eigenvalue weighted by Gasteiger charge is -2.15. The molecule has 0 fully saturated rings. The van der Waals surface area contributed by atoms with Crippen molar-refractivity contribution >= 4 is 16.7 Å². The average molecular weight is 335 g/mol. The number of benzene rings is 3. The minimum absolute atomic E-state index is 0.149. The molecule has 0 aliphatic carbocycles. The molecule has 0 bridgehead atoms. The summed E-state index contributed by atoms with van der Waals surface area (Å²) in [4.78, 5) is 12.2. The average Bonchev–Trinajstić information content (AvgIpc) is 2.66. The Balaban J connectivity index is 1.56. The third-order valence-corrected chi connectivity index (χ3v) is 4.02. The molecule has 0 aliphatic heterocycles. The van der Waals surface area contributed by atoms with Crippen LogP contribution in [0.1, 0.15) is 12.5 Å². The molecule has 0 unspecified atom stereocenters. The number of fused-ring (bicyclic) bond motifs is 1. The Morgan fingerprint density at radius 1 is 0.960 bits per heavy atom. The van der Waals surface area contributed by atoms with Crippen molar-refractivity contribution in [1.29, 1.82) is 0 Å². The van der Waals surface area contributed by atoms with Gasteiger partial charge >= 0.3 is 0 Å². The maximum atomic E-state index is 12.2. The van der Waals surface area contributed by atoms with Gasteiger partial charge in [0.05, 0.1) is 7.11 Å². The Morgan fingerprint density at radius 3 is 2.36 bits per heavy atom. The lowest BCUT2D eigenvalue weighted by molar-refractivity contribution is -0.127. The molecule has 0 aromatic heterocycles. The molecule has 0 radical (unpaired) electrons. The first-order valence-corrected chi connectivity index (χ1v) is 8.22. The van der Waals surface area contributed by atoms with Gasteiger partial charge < -0.3 is 14.8 Å². The van der Waals surface area contributed by atoms with Gasteiger partial charge in [0, 0.05) is 6.54 Å². The number of hydrogen-bond acceptors (Lipinski definition) is 3. The van der Waals surface area contributed by atoms with Crippen molar-refractivity contribution in [3.05, 3.63) is 72.3 Å². The Kier molecular flexibility index (Phi) is 5.19. The van der Waals surface area contributed by atoms with E-state index in [4.69, 9.17) is 9.47 Å². The first-order valence-electron chi connectivity index (χ1n) is 8.22. The highest BCUT2D eigenvalue weighted by molar-refractivity contribution is 5.83. The van der Waals surface area contributed by atoms with E-state index in [1.807, 2.05) is 18.2 Å². The van der Waals surface area contributed by atoms with Crippen LogP contribution in [0.25, 0.3) is 10.8 Å². The van der Waals surface area contributed by atoms with Crippen molar-refractivity contribution in [2.24, 2.45) is 0 Å². The van der Waals surface area contributed by atoms with E-state index in [1.165, 1.54) is 5.39 Å². The molecule has 0 heterocycles. The van der Waals surface area contributed by atoms with Gasteiger partial charge in [0.2, 0.25) is 0 Å². The van der Waals surface area contributed by atoms with Crippen molar-refractivity contribution in [2.45, 2.75) is 19.6 Å². The van der Waals surface area contributed by atoms with Crippen LogP contribution in [0.2, 0.25) is 0 Å². The summed E-state index contributed by atoms with van der Waals surface area (Å²) in [6.07, 6.45) is -0.575. The molecule has 0 spiro atoms. The van der Waals surface area contributed by atoms with Crippen LogP contribution in [-0.4, -0.2) is 19.1 Å². The van der Waals surface area contributed by atoms with Gasteiger partial charge in [0.1, 0.15) is 11.5 Å². The topological polar surface area (TPSA) is 47.6 Å². The molecule has 4 nitrogen and oxygen atoms in total. The number of rotatable bonds is 6. The van der Waals surface area contributed by atoms with Gasteiger partial charge in [0.25, 0.3) is 5.91 Å². The summed E-state index contributed by atoms with van der Waals surface area (Å²) in [7, 11) is 1.61. The molecule has 0 saturated heterocycles. The SMILES string of the molecule is COc1ccc(O[C@@H](C)C(=O)NCc2ccc3ccccc3c2)cc1. The van der Waals surface area contributed by atoms with E-state index < -0.39 is 6.10 Å². The zero-order chi connectivity index (χ0) is 17.6. The van der Waals surface area contributed by atoms with Crippen molar-refractivity contribution in [2.75, 3.05) is 7.11 Å². The summed E-state index contributed by atoms with van der Waals surface area (Å²) in [5, 5.41) is 5.27. The number of methoxy groups -OCH3 is 1. The summed E-state index contributed by atoms with van der Waals surface area (Å²) in [6, 6.07) is 21.5. The van der Waals surface area contributed by atoms with E-state index in [-0.39, 0.29) is 5.91 Å². The molecule has 1 atom stereocenters. The summed E-state index contributed by atoms with van der Waals surface area (Å²) in [5.74, 6) is 1.24. The summed E-state index contributed by atoms with van der Waals surface area (Å²) in [5.41, 5.74) is 1.06. The minimum atomic E-state index is -0.575. The maximum Gasteiger partial charge on any atom is 0.261 e. The van der Waals surface area contributed by atoms with E-state index >= 15 is 0 Å². The van der Waals surface area contributed by atoms with Crippen LogP contribution in [0, 0.1) is 0 Å². The number of carbonyl (C=O) groups is 1. The number of nitrogens with one attached hydrogen (secondary N) is 1. The fourth-order valence-corrected chi connectivity index (χ4v) is 2.59. The van der Waals surface area contributed by atoms with Crippen molar-refractivity contribution in [1.82, 2.24) is 5.32 Å². The van der Waals surface area contributed by atoms with Crippen LogP contribution in [0.3, 0.4) is 0 Å². The molecule has 3 aromatic rings. The highest BCUT2D eigenvalue weighted by Crippen LogP contribution is 2.18. The number of carbonyl (C=O) groups excluding carboxylic acids is 1. The molecule has 4 heteroatoms. The van der Waals surface area contributed by atoms with Gasteiger partial charge in [-0.3, -0.25) is 4.79 Å². The number of amides is 1. The van der Waals surface area contributed by atoms with Crippen LogP contribution in [0.15, 0.2) is 66.7 Å². The zero-order valence-corrected chi connectivity index (χ0v) is 14.4. The smallest absolute Gasteiger partial charge is 0.261 e. The van der Waals surface area contributed by atoms with Crippen molar-refractivity contribution in [3.8, 4) is 11.5 Å². The molecular weight excluding hydrogens is 314 g/mol. The van der Waals surface area contributed by atoms with E-state index in [0.29, 0.717) is 12.3 Å². The highest BCUT2D eigenvalue weighted by atomic mass is 16.5. The van der Waals surface area contributed by atoms with Crippen LogP contribution < -0.4 is 14.8 Å². The van der Waals surface area contributed by atoms with Crippen LogP contribution in [0.5, 0.6) is 11.5 Å². The quantitative estimate of drug-likeness (QED) is 0.742. The van der Waals surface area contributed by atoms with E-state index in [9.17, 15) is 4.79 Å².